The molecule has 0 unspecified atom stereocenters. The largest absolute Gasteiger partial charge is 0.393 e. The third-order valence-corrected chi connectivity index (χ3v) is 8.23. The average Bonchev–Trinajstić information content (AvgIpc) is 3.03. The van der Waals surface area contributed by atoms with Gasteiger partial charge in [-0.05, 0) is 93.1 Å². The summed E-state index contributed by atoms with van der Waals surface area (Å²) in [6.07, 6.45) is 11.1. The Hall–Kier alpha value is -0.940. The lowest BCUT2D eigenvalue weighted by atomic mass is 9.61. The molecule has 6 atom stereocenters. The van der Waals surface area contributed by atoms with Crippen molar-refractivity contribution < 1.29 is 20.1 Å². The average molecular weight is 433 g/mol. The van der Waals surface area contributed by atoms with Gasteiger partial charge in [-0.1, -0.05) is 38.2 Å². The van der Waals surface area contributed by atoms with Gasteiger partial charge in [-0.2, -0.15) is 0 Å². The Morgan fingerprint density at radius 2 is 2.00 bits per heavy atom. The molecule has 3 saturated carbocycles. The summed E-state index contributed by atoms with van der Waals surface area (Å²) in [5.74, 6) is 1.77. The van der Waals surface area contributed by atoms with Gasteiger partial charge in [0.15, 0.2) is 0 Å². The highest BCUT2D eigenvalue weighted by Crippen LogP contribution is 2.59. The molecule has 0 aromatic rings. The molecule has 3 aliphatic rings. The minimum Gasteiger partial charge on any atom is -0.393 e. The Labute approximate surface area is 189 Å². The standard InChI is InChI=1S/C27H44O4/c1-18(17-31-14-13-26(3,4)30)23-10-11-24-20(7-6-12-27(23,24)5)8-9-21-15-22(28)16-25(29)19(21)2/h8-9,18,22-25,28-30H,2,6-7,10-17H2,1,3-5H3/b20-8+,21-9-/t18-,22-,23-,24+,25+,27-/m1/s1. The van der Waals surface area contributed by atoms with E-state index in [1.165, 1.54) is 31.3 Å². The molecule has 3 aliphatic carbocycles. The van der Waals surface area contributed by atoms with E-state index < -0.39 is 17.8 Å². The van der Waals surface area contributed by atoms with Crippen LogP contribution in [0.15, 0.2) is 35.5 Å². The minimum atomic E-state index is -0.666. The van der Waals surface area contributed by atoms with Crippen molar-refractivity contribution in [2.45, 2.75) is 96.9 Å². The van der Waals surface area contributed by atoms with Crippen molar-refractivity contribution >= 4 is 0 Å². The summed E-state index contributed by atoms with van der Waals surface area (Å²) in [6.45, 7) is 13.9. The van der Waals surface area contributed by atoms with Gasteiger partial charge in [0.25, 0.3) is 0 Å². The predicted molar refractivity (Wildman–Crippen MR) is 126 cm³/mol. The lowest BCUT2D eigenvalue weighted by molar-refractivity contribution is 0.000912. The van der Waals surface area contributed by atoms with Crippen LogP contribution in [0.5, 0.6) is 0 Å². The maximum atomic E-state index is 10.1. The molecule has 4 nitrogen and oxygen atoms in total. The van der Waals surface area contributed by atoms with Crippen LogP contribution in [0.3, 0.4) is 0 Å². The lowest BCUT2D eigenvalue weighted by Gasteiger charge is -2.44. The molecular formula is C27H44O4. The van der Waals surface area contributed by atoms with E-state index in [2.05, 4.69) is 32.6 Å². The van der Waals surface area contributed by atoms with Crippen molar-refractivity contribution in [3.05, 3.63) is 35.5 Å². The summed E-state index contributed by atoms with van der Waals surface area (Å²) >= 11 is 0. The van der Waals surface area contributed by atoms with Gasteiger partial charge in [-0.25, -0.2) is 0 Å². The molecule has 0 aromatic carbocycles. The molecule has 0 aliphatic heterocycles. The quantitative estimate of drug-likeness (QED) is 0.498. The first kappa shape index (κ1) is 24.7. The van der Waals surface area contributed by atoms with Crippen molar-refractivity contribution in [2.24, 2.45) is 23.2 Å². The second-order valence-electron chi connectivity index (χ2n) is 11.3. The predicted octanol–water partition coefficient (Wildman–Crippen LogP) is 4.94. The van der Waals surface area contributed by atoms with Crippen LogP contribution in [0.4, 0.5) is 0 Å². The van der Waals surface area contributed by atoms with E-state index in [4.69, 9.17) is 4.74 Å². The van der Waals surface area contributed by atoms with Gasteiger partial charge in [0.1, 0.15) is 0 Å². The summed E-state index contributed by atoms with van der Waals surface area (Å²) in [4.78, 5) is 0. The molecule has 31 heavy (non-hydrogen) atoms. The molecule has 3 rings (SSSR count). The van der Waals surface area contributed by atoms with E-state index in [9.17, 15) is 15.3 Å². The molecule has 0 saturated heterocycles. The van der Waals surface area contributed by atoms with Crippen molar-refractivity contribution in [2.75, 3.05) is 13.2 Å². The van der Waals surface area contributed by atoms with Gasteiger partial charge in [-0.3, -0.25) is 0 Å². The minimum absolute atomic E-state index is 0.310. The van der Waals surface area contributed by atoms with Crippen LogP contribution >= 0.6 is 0 Å². The molecule has 0 aromatic heterocycles. The van der Waals surface area contributed by atoms with Crippen LogP contribution < -0.4 is 0 Å². The fraction of sp³-hybridized carbons (Fsp3) is 0.778. The van der Waals surface area contributed by atoms with Gasteiger partial charge in [0.2, 0.25) is 0 Å². The van der Waals surface area contributed by atoms with E-state index in [1.54, 1.807) is 0 Å². The number of hydrogen-bond donors (Lipinski definition) is 3. The van der Waals surface area contributed by atoms with Crippen LogP contribution in [0.2, 0.25) is 0 Å². The number of allylic oxidation sites excluding steroid dienone is 3. The second kappa shape index (κ2) is 9.91. The molecule has 0 spiro atoms. The first-order valence-electron chi connectivity index (χ1n) is 12.3. The topological polar surface area (TPSA) is 69.9 Å². The molecular weight excluding hydrogens is 388 g/mol. The normalized spacial score (nSPS) is 38.0. The van der Waals surface area contributed by atoms with Crippen molar-refractivity contribution in [3.63, 3.8) is 0 Å². The van der Waals surface area contributed by atoms with Crippen LogP contribution in [0.1, 0.15) is 79.1 Å². The molecule has 0 bridgehead atoms. The fourth-order valence-corrected chi connectivity index (χ4v) is 6.39. The first-order chi connectivity index (χ1) is 14.5. The van der Waals surface area contributed by atoms with Gasteiger partial charge in [-0.15, -0.1) is 0 Å². The van der Waals surface area contributed by atoms with Crippen LogP contribution in [-0.4, -0.2) is 46.3 Å². The van der Waals surface area contributed by atoms with E-state index in [-0.39, 0.29) is 0 Å². The third-order valence-electron chi connectivity index (χ3n) is 8.23. The van der Waals surface area contributed by atoms with Gasteiger partial charge in [0, 0.05) is 19.6 Å². The monoisotopic (exact) mass is 432 g/mol. The second-order valence-corrected chi connectivity index (χ2v) is 11.3. The van der Waals surface area contributed by atoms with Crippen molar-refractivity contribution in [3.8, 4) is 0 Å². The number of fused-ring (bicyclic) bond motifs is 1. The molecule has 0 amide bonds. The summed E-state index contributed by atoms with van der Waals surface area (Å²) in [5, 5.41) is 30.1. The van der Waals surface area contributed by atoms with Gasteiger partial charge < -0.3 is 20.1 Å². The zero-order valence-corrected chi connectivity index (χ0v) is 20.1. The van der Waals surface area contributed by atoms with E-state index >= 15 is 0 Å². The molecule has 4 heteroatoms. The first-order valence-corrected chi connectivity index (χ1v) is 12.3. The third kappa shape index (κ3) is 5.90. The number of aliphatic hydroxyl groups excluding tert-OH is 2. The number of hydrogen-bond acceptors (Lipinski definition) is 4. The molecule has 3 fully saturated rings. The summed E-state index contributed by atoms with van der Waals surface area (Å²) in [7, 11) is 0. The van der Waals surface area contributed by atoms with E-state index in [0.29, 0.717) is 49.0 Å². The van der Waals surface area contributed by atoms with Crippen LogP contribution in [-0.2, 0) is 4.74 Å². The fourth-order valence-electron chi connectivity index (χ4n) is 6.39. The lowest BCUT2D eigenvalue weighted by Crippen LogP contribution is -2.37. The van der Waals surface area contributed by atoms with Crippen molar-refractivity contribution in [1.29, 1.82) is 0 Å². The van der Waals surface area contributed by atoms with Gasteiger partial charge >= 0.3 is 0 Å². The molecule has 176 valence electrons. The van der Waals surface area contributed by atoms with Crippen molar-refractivity contribution in [1.82, 2.24) is 0 Å². The van der Waals surface area contributed by atoms with Crippen LogP contribution in [0.25, 0.3) is 0 Å². The maximum Gasteiger partial charge on any atom is 0.0811 e. The van der Waals surface area contributed by atoms with E-state index in [0.717, 1.165) is 24.2 Å². The number of aliphatic hydroxyl groups is 3. The Morgan fingerprint density at radius 1 is 1.26 bits per heavy atom. The Kier molecular flexibility index (Phi) is 7.89. The zero-order chi connectivity index (χ0) is 22.8. The number of ether oxygens (including phenoxy) is 1. The Balaban J connectivity index is 1.66. The molecule has 0 heterocycles. The van der Waals surface area contributed by atoms with E-state index in [1.807, 2.05) is 13.8 Å². The zero-order valence-electron chi connectivity index (χ0n) is 20.1. The molecule has 0 radical (unpaired) electrons. The smallest absolute Gasteiger partial charge is 0.0811 e. The Bertz CT molecular complexity index is 701. The van der Waals surface area contributed by atoms with Crippen LogP contribution in [0, 0.1) is 23.2 Å². The highest BCUT2D eigenvalue weighted by atomic mass is 16.5. The number of rotatable bonds is 7. The SMILES string of the molecule is C=C1/C(=C\C=C2/CCC[C@]3(C)[C@@H]([C@H](C)COCCC(C)(C)O)CC[C@@H]23)C[C@@H](O)C[C@@H]1O. The summed E-state index contributed by atoms with van der Waals surface area (Å²) in [5.41, 5.74) is 2.93. The highest BCUT2D eigenvalue weighted by molar-refractivity contribution is 5.38. The van der Waals surface area contributed by atoms with Gasteiger partial charge in [0.05, 0.1) is 17.8 Å². The summed E-state index contributed by atoms with van der Waals surface area (Å²) < 4.78 is 5.95. The maximum absolute atomic E-state index is 10.1. The Morgan fingerprint density at radius 3 is 2.71 bits per heavy atom. The molecule has 3 N–H and O–H groups in total. The summed E-state index contributed by atoms with van der Waals surface area (Å²) in [6, 6.07) is 0. The highest BCUT2D eigenvalue weighted by Gasteiger charge is 2.50.